The maximum Gasteiger partial charge on any atom is 0.306 e. The molecular weight excluding hydrogens is 448 g/mol. The van der Waals surface area contributed by atoms with Crippen LogP contribution in [-0.4, -0.2) is 65.9 Å². The molecule has 0 saturated carbocycles. The van der Waals surface area contributed by atoms with Crippen molar-refractivity contribution in [2.75, 3.05) is 38.7 Å². The lowest BCUT2D eigenvalue weighted by Gasteiger charge is -2.22. The SMILES string of the molecule is CCOC(=O)CCC(=O)N(CCCOC)CC(=O)Nc1cc(C(C)(C)C)nn1-c1cccc(C)c1. The molecule has 35 heavy (non-hydrogen) atoms. The molecule has 0 fully saturated rings. The van der Waals surface area contributed by atoms with E-state index in [1.54, 1.807) is 18.7 Å². The van der Waals surface area contributed by atoms with Crippen LogP contribution in [0.15, 0.2) is 30.3 Å². The third-order valence-corrected chi connectivity index (χ3v) is 5.30. The normalized spacial score (nSPS) is 11.3. The molecule has 0 aliphatic heterocycles. The number of methoxy groups -OCH3 is 1. The van der Waals surface area contributed by atoms with Gasteiger partial charge in [0.1, 0.15) is 5.82 Å². The van der Waals surface area contributed by atoms with E-state index in [1.807, 2.05) is 37.3 Å². The number of anilines is 1. The van der Waals surface area contributed by atoms with Crippen LogP contribution in [0, 0.1) is 6.92 Å². The van der Waals surface area contributed by atoms with E-state index >= 15 is 0 Å². The van der Waals surface area contributed by atoms with Gasteiger partial charge in [0.2, 0.25) is 11.8 Å². The Morgan fingerprint density at radius 1 is 1.14 bits per heavy atom. The lowest BCUT2D eigenvalue weighted by molar-refractivity contribution is -0.145. The second kappa shape index (κ2) is 13.0. The number of nitrogens with one attached hydrogen (secondary N) is 1. The van der Waals surface area contributed by atoms with Crippen LogP contribution in [0.3, 0.4) is 0 Å². The Bertz CT molecular complexity index is 1010. The van der Waals surface area contributed by atoms with Crippen LogP contribution in [0.25, 0.3) is 5.69 Å². The highest BCUT2D eigenvalue weighted by Gasteiger charge is 2.23. The summed E-state index contributed by atoms with van der Waals surface area (Å²) in [6.07, 6.45) is 0.531. The molecule has 0 unspecified atom stereocenters. The fourth-order valence-electron chi connectivity index (χ4n) is 3.44. The van der Waals surface area contributed by atoms with Crippen LogP contribution in [-0.2, 0) is 29.3 Å². The molecule has 0 spiro atoms. The van der Waals surface area contributed by atoms with Gasteiger partial charge in [-0.25, -0.2) is 4.68 Å². The molecule has 2 aromatic rings. The number of rotatable bonds is 12. The van der Waals surface area contributed by atoms with Gasteiger partial charge in [-0.2, -0.15) is 5.10 Å². The highest BCUT2D eigenvalue weighted by atomic mass is 16.5. The van der Waals surface area contributed by atoms with Gasteiger partial charge in [-0.05, 0) is 38.0 Å². The molecule has 0 bridgehead atoms. The van der Waals surface area contributed by atoms with Gasteiger partial charge in [0.25, 0.3) is 0 Å². The quantitative estimate of drug-likeness (QED) is 0.363. The van der Waals surface area contributed by atoms with Crippen molar-refractivity contribution < 1.29 is 23.9 Å². The summed E-state index contributed by atoms with van der Waals surface area (Å²) >= 11 is 0. The Balaban J connectivity index is 2.20. The molecule has 1 heterocycles. The fourth-order valence-corrected chi connectivity index (χ4v) is 3.44. The van der Waals surface area contributed by atoms with E-state index in [-0.39, 0.29) is 43.2 Å². The van der Waals surface area contributed by atoms with Gasteiger partial charge >= 0.3 is 5.97 Å². The van der Waals surface area contributed by atoms with Crippen molar-refractivity contribution in [2.24, 2.45) is 0 Å². The lowest BCUT2D eigenvalue weighted by Crippen LogP contribution is -2.39. The zero-order chi connectivity index (χ0) is 26.0. The molecule has 0 radical (unpaired) electrons. The number of hydrogen-bond donors (Lipinski definition) is 1. The highest BCUT2D eigenvalue weighted by molar-refractivity contribution is 5.94. The predicted molar refractivity (Wildman–Crippen MR) is 135 cm³/mol. The van der Waals surface area contributed by atoms with E-state index in [9.17, 15) is 14.4 Å². The number of nitrogens with zero attached hydrogens (tertiary/aromatic N) is 3. The summed E-state index contributed by atoms with van der Waals surface area (Å²) in [6, 6.07) is 9.71. The van der Waals surface area contributed by atoms with Crippen molar-refractivity contribution in [1.82, 2.24) is 14.7 Å². The second-order valence-corrected chi connectivity index (χ2v) is 9.43. The Morgan fingerprint density at radius 2 is 1.89 bits per heavy atom. The number of benzene rings is 1. The van der Waals surface area contributed by atoms with Crippen molar-refractivity contribution in [2.45, 2.75) is 59.3 Å². The zero-order valence-electron chi connectivity index (χ0n) is 21.7. The summed E-state index contributed by atoms with van der Waals surface area (Å²) in [5.74, 6) is -0.534. The molecule has 1 aromatic heterocycles. The minimum atomic E-state index is -0.432. The first-order valence-electron chi connectivity index (χ1n) is 11.9. The van der Waals surface area contributed by atoms with Gasteiger partial charge in [0.15, 0.2) is 0 Å². The topological polar surface area (TPSA) is 103 Å². The first-order valence-corrected chi connectivity index (χ1v) is 11.9. The van der Waals surface area contributed by atoms with Gasteiger partial charge in [0.05, 0.1) is 31.0 Å². The zero-order valence-corrected chi connectivity index (χ0v) is 21.7. The molecule has 0 saturated heterocycles. The largest absolute Gasteiger partial charge is 0.466 e. The summed E-state index contributed by atoms with van der Waals surface area (Å²) in [5.41, 5.74) is 2.52. The second-order valence-electron chi connectivity index (χ2n) is 9.43. The Kier molecular flexibility index (Phi) is 10.4. The number of carbonyl (C=O) groups is 3. The molecule has 0 aliphatic rings. The number of aromatic nitrogens is 2. The first kappa shape index (κ1) is 28.0. The van der Waals surface area contributed by atoms with E-state index in [2.05, 4.69) is 26.1 Å². The minimum Gasteiger partial charge on any atom is -0.466 e. The monoisotopic (exact) mass is 486 g/mol. The lowest BCUT2D eigenvalue weighted by atomic mass is 9.92. The number of carbonyl (C=O) groups excluding carboxylic acids is 3. The average molecular weight is 487 g/mol. The van der Waals surface area contributed by atoms with Crippen LogP contribution in [0.1, 0.15) is 58.2 Å². The Labute approximate surface area is 207 Å². The third kappa shape index (κ3) is 8.83. The summed E-state index contributed by atoms with van der Waals surface area (Å²) in [7, 11) is 1.58. The van der Waals surface area contributed by atoms with Crippen LogP contribution in [0.2, 0.25) is 0 Å². The predicted octanol–water partition coefficient (Wildman–Crippen LogP) is 3.63. The van der Waals surface area contributed by atoms with E-state index in [0.717, 1.165) is 16.9 Å². The number of hydrogen-bond acceptors (Lipinski definition) is 6. The average Bonchev–Trinajstić information content (AvgIpc) is 3.21. The Morgan fingerprint density at radius 3 is 2.51 bits per heavy atom. The van der Waals surface area contributed by atoms with Crippen molar-refractivity contribution in [3.8, 4) is 5.69 Å². The molecule has 2 amide bonds. The van der Waals surface area contributed by atoms with Crippen LogP contribution < -0.4 is 5.32 Å². The molecule has 9 heteroatoms. The van der Waals surface area contributed by atoms with Crippen molar-refractivity contribution >= 4 is 23.6 Å². The third-order valence-electron chi connectivity index (χ3n) is 5.30. The first-order chi connectivity index (χ1) is 16.5. The van der Waals surface area contributed by atoms with Crippen LogP contribution in [0.4, 0.5) is 5.82 Å². The standard InChI is InChI=1S/C26H38N4O5/c1-7-35-25(33)13-12-24(32)29(14-9-15-34-6)18-23(31)27-22-17-21(26(3,4)5)28-30(22)20-11-8-10-19(2)16-20/h8,10-11,16-17H,7,9,12-15,18H2,1-6H3,(H,27,31). The Hall–Kier alpha value is -3.20. The van der Waals surface area contributed by atoms with Gasteiger partial charge in [0, 0.05) is 38.2 Å². The van der Waals surface area contributed by atoms with Gasteiger partial charge < -0.3 is 19.7 Å². The maximum atomic E-state index is 13.0. The molecule has 0 aliphatic carbocycles. The van der Waals surface area contributed by atoms with E-state index < -0.39 is 5.97 Å². The van der Waals surface area contributed by atoms with Gasteiger partial charge in [-0.3, -0.25) is 14.4 Å². The molecule has 2 rings (SSSR count). The number of amides is 2. The minimum absolute atomic E-state index is 0.0194. The van der Waals surface area contributed by atoms with Gasteiger partial charge in [-0.1, -0.05) is 32.9 Å². The summed E-state index contributed by atoms with van der Waals surface area (Å²) in [4.78, 5) is 38.9. The summed E-state index contributed by atoms with van der Waals surface area (Å²) < 4.78 is 11.7. The number of ether oxygens (including phenoxy) is 2. The molecule has 9 nitrogen and oxygen atoms in total. The number of aryl methyl sites for hydroxylation is 1. The van der Waals surface area contributed by atoms with Crippen molar-refractivity contribution in [3.05, 3.63) is 41.6 Å². The summed E-state index contributed by atoms with van der Waals surface area (Å²) in [6.45, 7) is 10.8. The van der Waals surface area contributed by atoms with Crippen LogP contribution in [0.5, 0.6) is 0 Å². The highest BCUT2D eigenvalue weighted by Crippen LogP contribution is 2.26. The molecular formula is C26H38N4O5. The fraction of sp³-hybridized carbons (Fsp3) is 0.538. The van der Waals surface area contributed by atoms with E-state index in [4.69, 9.17) is 14.6 Å². The van der Waals surface area contributed by atoms with Crippen molar-refractivity contribution in [1.29, 1.82) is 0 Å². The van der Waals surface area contributed by atoms with E-state index in [1.165, 1.54) is 4.90 Å². The molecule has 1 aromatic carbocycles. The van der Waals surface area contributed by atoms with Crippen LogP contribution >= 0.6 is 0 Å². The van der Waals surface area contributed by atoms with E-state index in [0.29, 0.717) is 25.4 Å². The molecule has 0 atom stereocenters. The molecule has 192 valence electrons. The van der Waals surface area contributed by atoms with Gasteiger partial charge in [-0.15, -0.1) is 0 Å². The smallest absolute Gasteiger partial charge is 0.306 e. The maximum absolute atomic E-state index is 13.0. The number of esters is 1. The molecule has 1 N–H and O–H groups in total. The summed E-state index contributed by atoms with van der Waals surface area (Å²) in [5, 5.41) is 7.67. The van der Waals surface area contributed by atoms with Crippen molar-refractivity contribution in [3.63, 3.8) is 0 Å².